The average Bonchev–Trinajstić information content (AvgIpc) is 2.53. The summed E-state index contributed by atoms with van der Waals surface area (Å²) in [5, 5.41) is 0. The van der Waals surface area contributed by atoms with E-state index in [1.807, 2.05) is 4.90 Å². The van der Waals surface area contributed by atoms with Gasteiger partial charge in [-0.2, -0.15) is 0 Å². The summed E-state index contributed by atoms with van der Waals surface area (Å²) in [4.78, 5) is 42.3. The number of piperidine rings is 1. The Morgan fingerprint density at radius 2 is 1.87 bits per heavy atom. The minimum Gasteiger partial charge on any atom is -0.342 e. The Labute approximate surface area is 135 Å². The zero-order chi connectivity index (χ0) is 16.4. The molecule has 0 spiro atoms. The summed E-state index contributed by atoms with van der Waals surface area (Å²) >= 11 is 0. The first kappa shape index (κ1) is 16.0. The van der Waals surface area contributed by atoms with E-state index in [2.05, 4.69) is 9.97 Å². The van der Waals surface area contributed by atoms with Crippen LogP contribution in [0, 0.1) is 18.8 Å². The number of nitrogens with one attached hydrogen (secondary N) is 2. The van der Waals surface area contributed by atoms with E-state index >= 15 is 0 Å². The minimum atomic E-state index is -0.498. The van der Waals surface area contributed by atoms with Crippen LogP contribution in [0.4, 0.5) is 0 Å². The van der Waals surface area contributed by atoms with E-state index in [-0.39, 0.29) is 11.5 Å². The van der Waals surface area contributed by atoms with Gasteiger partial charge in [0, 0.05) is 30.8 Å². The Morgan fingerprint density at radius 1 is 1.13 bits per heavy atom. The van der Waals surface area contributed by atoms with Crippen LogP contribution in [0.1, 0.15) is 49.8 Å². The highest BCUT2D eigenvalue weighted by atomic mass is 16.2. The lowest BCUT2D eigenvalue weighted by molar-refractivity contribution is -0.134. The van der Waals surface area contributed by atoms with Crippen LogP contribution in [0.15, 0.2) is 9.59 Å². The van der Waals surface area contributed by atoms with Crippen LogP contribution >= 0.6 is 0 Å². The van der Waals surface area contributed by atoms with Crippen LogP contribution in [-0.4, -0.2) is 33.9 Å². The van der Waals surface area contributed by atoms with E-state index in [1.165, 1.54) is 25.7 Å². The third-order valence-corrected chi connectivity index (χ3v) is 5.49. The van der Waals surface area contributed by atoms with E-state index in [9.17, 15) is 14.4 Å². The molecule has 126 valence electrons. The summed E-state index contributed by atoms with van der Waals surface area (Å²) in [7, 11) is 0. The highest BCUT2D eigenvalue weighted by Gasteiger charge is 2.32. The number of rotatable bonds is 3. The molecule has 6 heteroatoms. The molecule has 3 rings (SSSR count). The van der Waals surface area contributed by atoms with Gasteiger partial charge in [-0.25, -0.2) is 4.79 Å². The van der Waals surface area contributed by atoms with Crippen LogP contribution < -0.4 is 11.2 Å². The molecule has 6 nitrogen and oxygen atoms in total. The van der Waals surface area contributed by atoms with Gasteiger partial charge in [0.2, 0.25) is 5.91 Å². The number of aromatic nitrogens is 2. The lowest BCUT2D eigenvalue weighted by Gasteiger charge is -2.41. The molecule has 1 aromatic heterocycles. The van der Waals surface area contributed by atoms with Gasteiger partial charge in [-0.1, -0.05) is 19.3 Å². The fourth-order valence-electron chi connectivity index (χ4n) is 4.14. The SMILES string of the molecule is Cc1[nH]c(=O)[nH]c(=O)c1CCC(=O)N1CCC2CCCCC2C1. The van der Waals surface area contributed by atoms with Crippen molar-refractivity contribution in [3.8, 4) is 0 Å². The van der Waals surface area contributed by atoms with E-state index in [0.29, 0.717) is 30.0 Å². The molecule has 2 atom stereocenters. The van der Waals surface area contributed by atoms with Crippen molar-refractivity contribution < 1.29 is 4.79 Å². The van der Waals surface area contributed by atoms with E-state index in [0.717, 1.165) is 25.4 Å². The topological polar surface area (TPSA) is 86.0 Å². The molecule has 1 saturated carbocycles. The summed E-state index contributed by atoms with van der Waals surface area (Å²) in [5.41, 5.74) is 0.176. The van der Waals surface area contributed by atoms with Crippen molar-refractivity contribution in [1.82, 2.24) is 14.9 Å². The number of fused-ring (bicyclic) bond motifs is 1. The van der Waals surface area contributed by atoms with Crippen LogP contribution in [0.5, 0.6) is 0 Å². The fraction of sp³-hybridized carbons (Fsp3) is 0.706. The first-order valence-electron chi connectivity index (χ1n) is 8.64. The number of aromatic amines is 2. The monoisotopic (exact) mass is 319 g/mol. The van der Waals surface area contributed by atoms with Gasteiger partial charge in [-0.05, 0) is 38.0 Å². The van der Waals surface area contributed by atoms with Gasteiger partial charge in [-0.3, -0.25) is 14.6 Å². The normalized spacial score (nSPS) is 24.3. The number of amides is 1. The van der Waals surface area contributed by atoms with Crippen molar-refractivity contribution in [2.24, 2.45) is 11.8 Å². The predicted octanol–water partition coefficient (Wildman–Crippen LogP) is 1.34. The summed E-state index contributed by atoms with van der Waals surface area (Å²) in [6.45, 7) is 3.43. The molecule has 23 heavy (non-hydrogen) atoms. The first-order valence-corrected chi connectivity index (χ1v) is 8.64. The molecule has 1 amide bonds. The number of hydrogen-bond acceptors (Lipinski definition) is 3. The average molecular weight is 319 g/mol. The third-order valence-electron chi connectivity index (χ3n) is 5.49. The quantitative estimate of drug-likeness (QED) is 0.881. The lowest BCUT2D eigenvalue weighted by atomic mass is 9.75. The second-order valence-electron chi connectivity index (χ2n) is 6.94. The van der Waals surface area contributed by atoms with Crippen molar-refractivity contribution >= 4 is 5.91 Å². The fourth-order valence-corrected chi connectivity index (χ4v) is 4.14. The molecular formula is C17H25N3O3. The van der Waals surface area contributed by atoms with E-state index in [1.54, 1.807) is 6.92 Å². The number of aryl methyl sites for hydroxylation is 1. The van der Waals surface area contributed by atoms with Crippen LogP contribution in [0.3, 0.4) is 0 Å². The Hall–Kier alpha value is -1.85. The number of nitrogens with zero attached hydrogens (tertiary/aromatic N) is 1. The van der Waals surface area contributed by atoms with Crippen molar-refractivity contribution in [2.75, 3.05) is 13.1 Å². The van der Waals surface area contributed by atoms with Gasteiger partial charge >= 0.3 is 5.69 Å². The molecule has 2 unspecified atom stereocenters. The van der Waals surface area contributed by atoms with Gasteiger partial charge in [0.25, 0.3) is 5.56 Å². The number of likely N-dealkylation sites (tertiary alicyclic amines) is 1. The molecule has 0 bridgehead atoms. The second kappa shape index (κ2) is 6.72. The standard InChI is InChI=1S/C17H25N3O3/c1-11-14(16(22)19-17(23)18-11)6-7-15(21)20-9-8-12-4-2-3-5-13(12)10-20/h12-13H,2-10H2,1H3,(H2,18,19,22,23). The molecule has 2 N–H and O–H groups in total. The Morgan fingerprint density at radius 3 is 2.61 bits per heavy atom. The van der Waals surface area contributed by atoms with Gasteiger partial charge in [0.1, 0.15) is 0 Å². The maximum atomic E-state index is 12.5. The van der Waals surface area contributed by atoms with Gasteiger partial charge < -0.3 is 9.88 Å². The number of carbonyl (C=O) groups excluding carboxylic acids is 1. The Balaban J connectivity index is 1.60. The van der Waals surface area contributed by atoms with Crippen LogP contribution in [0.2, 0.25) is 0 Å². The molecule has 0 radical (unpaired) electrons. The second-order valence-corrected chi connectivity index (χ2v) is 6.94. The third kappa shape index (κ3) is 3.57. The van der Waals surface area contributed by atoms with Crippen molar-refractivity contribution in [3.63, 3.8) is 0 Å². The van der Waals surface area contributed by atoms with Gasteiger partial charge in [-0.15, -0.1) is 0 Å². The van der Waals surface area contributed by atoms with Crippen LogP contribution in [0.25, 0.3) is 0 Å². The largest absolute Gasteiger partial charge is 0.342 e. The molecular weight excluding hydrogens is 294 g/mol. The summed E-state index contributed by atoms with van der Waals surface area (Å²) in [6.07, 6.45) is 7.01. The maximum absolute atomic E-state index is 12.5. The molecule has 1 aliphatic heterocycles. The smallest absolute Gasteiger partial charge is 0.325 e. The van der Waals surface area contributed by atoms with Gasteiger partial charge in [0.05, 0.1) is 0 Å². The predicted molar refractivity (Wildman–Crippen MR) is 87.4 cm³/mol. The number of hydrogen-bond donors (Lipinski definition) is 2. The van der Waals surface area contributed by atoms with Gasteiger partial charge in [0.15, 0.2) is 0 Å². The molecule has 2 heterocycles. The highest BCUT2D eigenvalue weighted by molar-refractivity contribution is 5.76. The van der Waals surface area contributed by atoms with Crippen LogP contribution in [-0.2, 0) is 11.2 Å². The zero-order valence-corrected chi connectivity index (χ0v) is 13.7. The lowest BCUT2D eigenvalue weighted by Crippen LogP contribution is -2.45. The Kier molecular flexibility index (Phi) is 4.68. The zero-order valence-electron chi connectivity index (χ0n) is 13.7. The summed E-state index contributed by atoms with van der Waals surface area (Å²) in [6, 6.07) is 0. The van der Waals surface area contributed by atoms with Crippen molar-refractivity contribution in [3.05, 3.63) is 32.1 Å². The van der Waals surface area contributed by atoms with Crippen molar-refractivity contribution in [1.29, 1.82) is 0 Å². The maximum Gasteiger partial charge on any atom is 0.325 e. The molecule has 1 aliphatic carbocycles. The molecule has 1 aromatic rings. The molecule has 1 saturated heterocycles. The first-order chi connectivity index (χ1) is 11.0. The summed E-state index contributed by atoms with van der Waals surface area (Å²) < 4.78 is 0. The highest BCUT2D eigenvalue weighted by Crippen LogP contribution is 2.36. The van der Waals surface area contributed by atoms with E-state index < -0.39 is 5.69 Å². The van der Waals surface area contributed by atoms with Crippen molar-refractivity contribution in [2.45, 2.75) is 51.9 Å². The molecule has 2 fully saturated rings. The number of H-pyrrole nitrogens is 2. The molecule has 0 aromatic carbocycles. The molecule has 2 aliphatic rings. The van der Waals surface area contributed by atoms with E-state index in [4.69, 9.17) is 0 Å². The number of carbonyl (C=O) groups is 1. The minimum absolute atomic E-state index is 0.124. The Bertz CT molecular complexity index is 691. The summed E-state index contributed by atoms with van der Waals surface area (Å²) in [5.74, 6) is 1.59.